The van der Waals surface area contributed by atoms with Crippen molar-refractivity contribution in [2.24, 2.45) is 0 Å². The first-order valence-electron chi connectivity index (χ1n) is 7.26. The fourth-order valence-electron chi connectivity index (χ4n) is 2.47. The van der Waals surface area contributed by atoms with Crippen LogP contribution in [0.4, 0.5) is 5.69 Å². The van der Waals surface area contributed by atoms with E-state index in [1.165, 1.54) is 6.26 Å². The van der Waals surface area contributed by atoms with Crippen LogP contribution in [-0.4, -0.2) is 5.91 Å². The average molecular weight is 370 g/mol. The zero-order valence-corrected chi connectivity index (χ0v) is 14.5. The summed E-state index contributed by atoms with van der Waals surface area (Å²) in [7, 11) is 0. The Bertz CT molecular complexity index is 817. The van der Waals surface area contributed by atoms with Crippen molar-refractivity contribution in [1.29, 1.82) is 0 Å². The van der Waals surface area contributed by atoms with Crippen LogP contribution in [0.3, 0.4) is 0 Å². The van der Waals surface area contributed by atoms with E-state index in [9.17, 15) is 4.79 Å². The lowest BCUT2D eigenvalue weighted by Crippen LogP contribution is -2.14. The number of aryl methyl sites for hydroxylation is 2. The molecule has 3 rings (SSSR count). The number of hydrogen-bond donors (Lipinski definition) is 1. The normalized spacial score (nSPS) is 12.7. The van der Waals surface area contributed by atoms with E-state index >= 15 is 0 Å². The van der Waals surface area contributed by atoms with E-state index in [0.717, 1.165) is 32.6 Å². The molecule has 1 aliphatic heterocycles. The van der Waals surface area contributed by atoms with Gasteiger partial charge in [-0.25, -0.2) is 0 Å². The average Bonchev–Trinajstić information content (AvgIpc) is 2.72. The topological polar surface area (TPSA) is 38.3 Å². The van der Waals surface area contributed by atoms with Crippen LogP contribution < -0.4 is 10.1 Å². The van der Waals surface area contributed by atoms with Gasteiger partial charge in [-0.05, 0) is 55.3 Å². The summed E-state index contributed by atoms with van der Waals surface area (Å²) in [5.41, 5.74) is 4.33. The van der Waals surface area contributed by atoms with E-state index in [4.69, 9.17) is 4.74 Å². The highest BCUT2D eigenvalue weighted by atomic mass is 79.9. The summed E-state index contributed by atoms with van der Waals surface area (Å²) in [6, 6.07) is 11.6. The second kappa shape index (κ2) is 6.42. The van der Waals surface area contributed by atoms with Crippen molar-refractivity contribution < 1.29 is 9.53 Å². The molecule has 0 unspecified atom stereocenters. The Labute approximate surface area is 143 Å². The summed E-state index contributed by atoms with van der Waals surface area (Å²) < 4.78 is 6.49. The van der Waals surface area contributed by atoms with Gasteiger partial charge in [0.2, 0.25) is 0 Å². The summed E-state index contributed by atoms with van der Waals surface area (Å²) in [5, 5.41) is 3.00. The first-order chi connectivity index (χ1) is 11.0. The molecule has 0 radical (unpaired) electrons. The standard InChI is InChI=1S/C19H16BrNO2/c1-12-4-3-5-13(2)18(12)21-19(22)14-8-9-23-17-7-6-16(20)11-15(17)10-14/h3-11H,1-2H3,(H,21,22). The van der Waals surface area contributed by atoms with Crippen molar-refractivity contribution in [1.82, 2.24) is 0 Å². The Morgan fingerprint density at radius 2 is 1.87 bits per heavy atom. The number of fused-ring (bicyclic) bond motifs is 1. The summed E-state index contributed by atoms with van der Waals surface area (Å²) in [4.78, 5) is 12.6. The fraction of sp³-hybridized carbons (Fsp3) is 0.105. The number of halogens is 1. The van der Waals surface area contributed by atoms with E-state index in [1.807, 2.05) is 56.3 Å². The molecule has 23 heavy (non-hydrogen) atoms. The highest BCUT2D eigenvalue weighted by Crippen LogP contribution is 2.28. The highest BCUT2D eigenvalue weighted by molar-refractivity contribution is 9.10. The molecule has 4 heteroatoms. The molecule has 2 aromatic rings. The predicted molar refractivity (Wildman–Crippen MR) is 96.4 cm³/mol. The Morgan fingerprint density at radius 1 is 1.13 bits per heavy atom. The minimum absolute atomic E-state index is 0.157. The van der Waals surface area contributed by atoms with Gasteiger partial charge in [0.25, 0.3) is 5.91 Å². The molecule has 3 nitrogen and oxygen atoms in total. The molecule has 0 aromatic heterocycles. The summed E-state index contributed by atoms with van der Waals surface area (Å²) in [6.45, 7) is 3.96. The molecule has 0 bridgehead atoms. The SMILES string of the molecule is Cc1cccc(C)c1NC(=O)C1=Cc2cc(Br)ccc2OC=C1. The van der Waals surface area contributed by atoms with Crippen LogP contribution in [0.5, 0.6) is 5.75 Å². The zero-order valence-electron chi connectivity index (χ0n) is 12.9. The lowest BCUT2D eigenvalue weighted by atomic mass is 10.1. The molecular formula is C19H16BrNO2. The van der Waals surface area contributed by atoms with Gasteiger partial charge in [-0.2, -0.15) is 0 Å². The van der Waals surface area contributed by atoms with Gasteiger partial charge >= 0.3 is 0 Å². The summed E-state index contributed by atoms with van der Waals surface area (Å²) >= 11 is 3.44. The van der Waals surface area contributed by atoms with E-state index in [1.54, 1.807) is 6.08 Å². The smallest absolute Gasteiger partial charge is 0.255 e. The summed E-state index contributed by atoms with van der Waals surface area (Å²) in [6.07, 6.45) is 5.04. The van der Waals surface area contributed by atoms with Gasteiger partial charge < -0.3 is 10.1 Å². The van der Waals surface area contributed by atoms with Crippen molar-refractivity contribution >= 4 is 33.6 Å². The van der Waals surface area contributed by atoms with Gasteiger partial charge in [-0.1, -0.05) is 34.1 Å². The first-order valence-corrected chi connectivity index (χ1v) is 8.06. The molecule has 0 saturated carbocycles. The van der Waals surface area contributed by atoms with Crippen LogP contribution in [0.25, 0.3) is 6.08 Å². The number of hydrogen-bond acceptors (Lipinski definition) is 2. The number of carbonyl (C=O) groups is 1. The largest absolute Gasteiger partial charge is 0.464 e. The van der Waals surface area contributed by atoms with Gasteiger partial charge in [-0.15, -0.1) is 0 Å². The molecule has 1 heterocycles. The van der Waals surface area contributed by atoms with Crippen molar-refractivity contribution in [2.75, 3.05) is 5.32 Å². The van der Waals surface area contributed by atoms with Gasteiger partial charge in [0, 0.05) is 21.3 Å². The third-order valence-corrected chi connectivity index (χ3v) is 4.20. The molecule has 2 aromatic carbocycles. The van der Waals surface area contributed by atoms with E-state index in [0.29, 0.717) is 5.57 Å². The molecule has 1 aliphatic rings. The third-order valence-electron chi connectivity index (χ3n) is 3.71. The van der Waals surface area contributed by atoms with E-state index < -0.39 is 0 Å². The molecule has 1 N–H and O–H groups in total. The maximum Gasteiger partial charge on any atom is 0.255 e. The molecule has 0 fully saturated rings. The van der Waals surface area contributed by atoms with E-state index in [2.05, 4.69) is 21.2 Å². The molecule has 1 amide bonds. The molecule has 0 aliphatic carbocycles. The second-order valence-corrected chi connectivity index (χ2v) is 6.34. The minimum atomic E-state index is -0.157. The number of para-hydroxylation sites is 1. The number of amides is 1. The molecule has 116 valence electrons. The third kappa shape index (κ3) is 3.37. The Morgan fingerprint density at radius 3 is 2.61 bits per heavy atom. The lowest BCUT2D eigenvalue weighted by Gasteiger charge is -2.11. The van der Waals surface area contributed by atoms with Crippen molar-refractivity contribution in [3.8, 4) is 5.75 Å². The van der Waals surface area contributed by atoms with Crippen LogP contribution >= 0.6 is 15.9 Å². The molecular weight excluding hydrogens is 354 g/mol. The van der Waals surface area contributed by atoms with Crippen molar-refractivity contribution in [3.05, 3.63) is 75.5 Å². The second-order valence-electron chi connectivity index (χ2n) is 5.42. The molecule has 0 spiro atoms. The predicted octanol–water partition coefficient (Wildman–Crippen LogP) is 4.99. The summed E-state index contributed by atoms with van der Waals surface area (Å²) in [5.74, 6) is 0.564. The Balaban J connectivity index is 1.93. The fourth-order valence-corrected chi connectivity index (χ4v) is 2.85. The van der Waals surface area contributed by atoms with Crippen molar-refractivity contribution in [2.45, 2.75) is 13.8 Å². The maximum atomic E-state index is 12.6. The molecule has 0 atom stereocenters. The number of carbonyl (C=O) groups excluding carboxylic acids is 1. The number of ether oxygens (including phenoxy) is 1. The highest BCUT2D eigenvalue weighted by Gasteiger charge is 2.14. The van der Waals surface area contributed by atoms with Crippen molar-refractivity contribution in [3.63, 3.8) is 0 Å². The Hall–Kier alpha value is -2.33. The quantitative estimate of drug-likeness (QED) is 0.809. The first kappa shape index (κ1) is 15.6. The van der Waals surface area contributed by atoms with Crippen LogP contribution in [0.2, 0.25) is 0 Å². The minimum Gasteiger partial charge on any atom is -0.464 e. The number of benzene rings is 2. The van der Waals surface area contributed by atoms with Crippen LogP contribution in [0, 0.1) is 13.8 Å². The number of anilines is 1. The Kier molecular flexibility index (Phi) is 4.35. The maximum absolute atomic E-state index is 12.6. The van der Waals surface area contributed by atoms with E-state index in [-0.39, 0.29) is 5.91 Å². The van der Waals surface area contributed by atoms with Gasteiger partial charge in [0.1, 0.15) is 5.75 Å². The van der Waals surface area contributed by atoms with Gasteiger partial charge in [0.05, 0.1) is 6.26 Å². The van der Waals surface area contributed by atoms with Crippen LogP contribution in [0.15, 0.2) is 58.8 Å². The number of nitrogens with one attached hydrogen (secondary N) is 1. The van der Waals surface area contributed by atoms with Crippen LogP contribution in [0.1, 0.15) is 16.7 Å². The molecule has 0 saturated heterocycles. The lowest BCUT2D eigenvalue weighted by molar-refractivity contribution is -0.112. The monoisotopic (exact) mass is 369 g/mol. The zero-order chi connectivity index (χ0) is 16.4. The van der Waals surface area contributed by atoms with Gasteiger partial charge in [0.15, 0.2) is 0 Å². The number of rotatable bonds is 2. The van der Waals surface area contributed by atoms with Gasteiger partial charge in [-0.3, -0.25) is 4.79 Å². The van der Waals surface area contributed by atoms with Crippen LogP contribution in [-0.2, 0) is 4.79 Å².